The van der Waals surface area contributed by atoms with Crippen LogP contribution in [0.4, 0.5) is 5.69 Å². The highest BCUT2D eigenvalue weighted by molar-refractivity contribution is 6.05. The lowest BCUT2D eigenvalue weighted by molar-refractivity contribution is 0.0991. The Morgan fingerprint density at radius 2 is 2.10 bits per heavy atom. The van der Waals surface area contributed by atoms with Crippen molar-refractivity contribution in [3.63, 3.8) is 0 Å². The molecule has 1 aromatic heterocycles. The van der Waals surface area contributed by atoms with Crippen LogP contribution in [0, 0.1) is 18.3 Å². The normalized spacial score (nSPS) is 9.85. The molecular weight excluding hydrogens is 254 g/mol. The van der Waals surface area contributed by atoms with E-state index in [9.17, 15) is 9.59 Å². The number of benzene rings is 1. The molecular formula is C15H13N3O2. The molecule has 0 fully saturated rings. The molecule has 0 bridgehead atoms. The van der Waals surface area contributed by atoms with Crippen LogP contribution in [0.3, 0.4) is 0 Å². The Labute approximate surface area is 116 Å². The van der Waals surface area contributed by atoms with E-state index in [1.54, 1.807) is 38.2 Å². The number of nitrogens with zero attached hydrogens (tertiary/aromatic N) is 2. The Hall–Kier alpha value is -2.87. The van der Waals surface area contributed by atoms with Gasteiger partial charge in [0, 0.05) is 30.7 Å². The van der Waals surface area contributed by atoms with Gasteiger partial charge in [-0.2, -0.15) is 5.26 Å². The smallest absolute Gasteiger partial charge is 0.263 e. The summed E-state index contributed by atoms with van der Waals surface area (Å²) in [4.78, 5) is 28.3. The van der Waals surface area contributed by atoms with Gasteiger partial charge in [0.2, 0.25) is 0 Å². The van der Waals surface area contributed by atoms with Gasteiger partial charge in [0.1, 0.15) is 5.56 Å². The van der Waals surface area contributed by atoms with Gasteiger partial charge in [-0.15, -0.1) is 0 Å². The first-order valence-electron chi connectivity index (χ1n) is 6.00. The third kappa shape index (κ3) is 2.59. The first-order valence-corrected chi connectivity index (χ1v) is 6.00. The predicted octanol–water partition coefficient (Wildman–Crippen LogP) is 1.83. The van der Waals surface area contributed by atoms with E-state index in [0.29, 0.717) is 16.9 Å². The molecule has 5 heteroatoms. The third-order valence-corrected chi connectivity index (χ3v) is 2.95. The molecule has 1 aromatic carbocycles. The molecule has 0 spiro atoms. The van der Waals surface area contributed by atoms with E-state index < -0.39 is 5.91 Å². The lowest BCUT2D eigenvalue weighted by Gasteiger charge is -2.17. The highest BCUT2D eigenvalue weighted by atomic mass is 16.2. The van der Waals surface area contributed by atoms with Crippen LogP contribution in [0.25, 0.3) is 0 Å². The van der Waals surface area contributed by atoms with Crippen LogP contribution in [0.2, 0.25) is 0 Å². The first-order chi connectivity index (χ1) is 9.52. The molecule has 1 amide bonds. The lowest BCUT2D eigenvalue weighted by atomic mass is 10.1. The minimum atomic E-state index is -0.415. The van der Waals surface area contributed by atoms with Gasteiger partial charge in [0.25, 0.3) is 5.91 Å². The van der Waals surface area contributed by atoms with Gasteiger partial charge in [0.05, 0.1) is 11.6 Å². The van der Waals surface area contributed by atoms with Crippen molar-refractivity contribution in [3.8, 4) is 6.07 Å². The number of hydrogen-bond acceptors (Lipinski definition) is 3. The van der Waals surface area contributed by atoms with Crippen LogP contribution < -0.4 is 10.3 Å². The monoisotopic (exact) mass is 267 g/mol. The molecule has 0 aliphatic carbocycles. The topological polar surface area (TPSA) is 77.0 Å². The quantitative estimate of drug-likeness (QED) is 0.901. The summed E-state index contributed by atoms with van der Waals surface area (Å²) in [5, 5.41) is 8.87. The van der Waals surface area contributed by atoms with E-state index in [2.05, 4.69) is 4.98 Å². The molecule has 5 nitrogen and oxygen atoms in total. The van der Waals surface area contributed by atoms with Crippen molar-refractivity contribution in [1.29, 1.82) is 5.26 Å². The number of aryl methyl sites for hydroxylation is 1. The summed E-state index contributed by atoms with van der Waals surface area (Å²) in [6.45, 7) is 1.75. The van der Waals surface area contributed by atoms with Gasteiger partial charge in [-0.1, -0.05) is 6.07 Å². The van der Waals surface area contributed by atoms with Gasteiger partial charge in [0.15, 0.2) is 5.43 Å². The Bertz CT molecular complexity index is 756. The average Bonchev–Trinajstić information content (AvgIpc) is 2.46. The number of aromatic amines is 1. The molecule has 0 aliphatic rings. The summed E-state index contributed by atoms with van der Waals surface area (Å²) < 4.78 is 0. The SMILES string of the molecule is Cc1cc(=O)c(C(=O)N(C)c2cccc(C#N)c2)c[nH]1. The number of carbonyl (C=O) groups is 1. The fourth-order valence-corrected chi connectivity index (χ4v) is 1.82. The van der Waals surface area contributed by atoms with Crippen molar-refractivity contribution < 1.29 is 4.79 Å². The van der Waals surface area contributed by atoms with Crippen molar-refractivity contribution in [1.82, 2.24) is 4.98 Å². The second-order valence-corrected chi connectivity index (χ2v) is 4.42. The molecule has 0 unspecified atom stereocenters. The lowest BCUT2D eigenvalue weighted by Crippen LogP contribution is -2.30. The Morgan fingerprint density at radius 3 is 2.75 bits per heavy atom. The molecule has 0 radical (unpaired) electrons. The number of rotatable bonds is 2. The number of H-pyrrole nitrogens is 1. The minimum absolute atomic E-state index is 0.0699. The van der Waals surface area contributed by atoms with E-state index >= 15 is 0 Å². The number of carbonyl (C=O) groups excluding carboxylic acids is 1. The zero-order valence-electron chi connectivity index (χ0n) is 11.2. The molecule has 1 heterocycles. The standard InChI is InChI=1S/C15H13N3O2/c1-10-6-14(19)13(9-17-10)15(20)18(2)12-5-3-4-11(7-12)8-16/h3-7,9H,1-2H3,(H,17,19). The molecule has 100 valence electrons. The maximum atomic E-state index is 12.3. The van der Waals surface area contributed by atoms with Gasteiger partial charge < -0.3 is 9.88 Å². The van der Waals surface area contributed by atoms with Crippen LogP contribution in [-0.2, 0) is 0 Å². The second kappa shape index (κ2) is 5.41. The van der Waals surface area contributed by atoms with Crippen molar-refractivity contribution >= 4 is 11.6 Å². The molecule has 2 rings (SSSR count). The van der Waals surface area contributed by atoms with Gasteiger partial charge in [-0.25, -0.2) is 0 Å². The number of aromatic nitrogens is 1. The van der Waals surface area contributed by atoms with Crippen LogP contribution in [0.15, 0.2) is 41.3 Å². The third-order valence-electron chi connectivity index (χ3n) is 2.95. The molecule has 20 heavy (non-hydrogen) atoms. The number of anilines is 1. The van der Waals surface area contributed by atoms with E-state index in [-0.39, 0.29) is 11.0 Å². The Balaban J connectivity index is 2.37. The maximum absolute atomic E-state index is 12.3. The summed E-state index contributed by atoms with van der Waals surface area (Å²) in [5.74, 6) is -0.415. The summed E-state index contributed by atoms with van der Waals surface area (Å²) in [5.41, 5.74) is 1.46. The predicted molar refractivity (Wildman–Crippen MR) is 75.7 cm³/mol. The number of hydrogen-bond donors (Lipinski definition) is 1. The van der Waals surface area contributed by atoms with E-state index in [4.69, 9.17) is 5.26 Å². The fourth-order valence-electron chi connectivity index (χ4n) is 1.82. The number of pyridine rings is 1. The van der Waals surface area contributed by atoms with Gasteiger partial charge in [-0.3, -0.25) is 9.59 Å². The van der Waals surface area contributed by atoms with Crippen LogP contribution in [-0.4, -0.2) is 17.9 Å². The average molecular weight is 267 g/mol. The summed E-state index contributed by atoms with van der Waals surface area (Å²) in [6.07, 6.45) is 1.41. The molecule has 1 N–H and O–H groups in total. The van der Waals surface area contributed by atoms with Gasteiger partial charge >= 0.3 is 0 Å². The van der Waals surface area contributed by atoms with E-state index in [1.807, 2.05) is 6.07 Å². The highest BCUT2D eigenvalue weighted by Crippen LogP contribution is 2.16. The van der Waals surface area contributed by atoms with E-state index in [0.717, 1.165) is 0 Å². The van der Waals surface area contributed by atoms with Crippen molar-refractivity contribution in [3.05, 3.63) is 63.6 Å². The van der Waals surface area contributed by atoms with Crippen LogP contribution in [0.5, 0.6) is 0 Å². The second-order valence-electron chi connectivity index (χ2n) is 4.42. The number of amides is 1. The fraction of sp³-hybridized carbons (Fsp3) is 0.133. The zero-order chi connectivity index (χ0) is 14.7. The van der Waals surface area contributed by atoms with Gasteiger partial charge in [-0.05, 0) is 25.1 Å². The molecule has 0 aliphatic heterocycles. The zero-order valence-corrected chi connectivity index (χ0v) is 11.2. The number of nitriles is 1. The molecule has 2 aromatic rings. The maximum Gasteiger partial charge on any atom is 0.263 e. The minimum Gasteiger partial charge on any atom is -0.364 e. The highest BCUT2D eigenvalue weighted by Gasteiger charge is 2.16. The van der Waals surface area contributed by atoms with Crippen molar-refractivity contribution in [2.24, 2.45) is 0 Å². The summed E-state index contributed by atoms with van der Waals surface area (Å²) in [7, 11) is 1.57. The number of nitrogens with one attached hydrogen (secondary N) is 1. The van der Waals surface area contributed by atoms with Crippen molar-refractivity contribution in [2.75, 3.05) is 11.9 Å². The largest absolute Gasteiger partial charge is 0.364 e. The summed E-state index contributed by atoms with van der Waals surface area (Å²) >= 11 is 0. The molecule has 0 saturated heterocycles. The Morgan fingerprint density at radius 1 is 1.35 bits per heavy atom. The molecule has 0 atom stereocenters. The van der Waals surface area contributed by atoms with Crippen molar-refractivity contribution in [2.45, 2.75) is 6.92 Å². The Kier molecular flexibility index (Phi) is 3.67. The van der Waals surface area contributed by atoms with Crippen LogP contribution in [0.1, 0.15) is 21.6 Å². The van der Waals surface area contributed by atoms with Crippen LogP contribution >= 0.6 is 0 Å². The first kappa shape index (κ1) is 13.6. The van der Waals surface area contributed by atoms with E-state index in [1.165, 1.54) is 17.2 Å². The summed E-state index contributed by atoms with van der Waals surface area (Å²) in [6, 6.07) is 10.0. The molecule has 0 saturated carbocycles.